The van der Waals surface area contributed by atoms with E-state index in [9.17, 15) is 5.11 Å². The van der Waals surface area contributed by atoms with Gasteiger partial charge in [0.1, 0.15) is 17.2 Å². The van der Waals surface area contributed by atoms with Crippen LogP contribution in [-0.4, -0.2) is 39.1 Å². The van der Waals surface area contributed by atoms with Crippen LogP contribution in [0.5, 0.6) is 17.2 Å². The molecule has 102 valence electrons. The second-order valence-corrected chi connectivity index (χ2v) is 3.77. The van der Waals surface area contributed by atoms with Crippen LogP contribution in [0.1, 0.15) is 11.6 Å². The normalized spacial score (nSPS) is 13.9. The number of aliphatic hydroxyl groups is 1. The second-order valence-electron chi connectivity index (χ2n) is 3.77. The Morgan fingerprint density at radius 3 is 1.94 bits per heavy atom. The molecule has 0 radical (unpaired) electrons. The molecule has 0 aliphatic heterocycles. The molecule has 0 aromatic heterocycles. The van der Waals surface area contributed by atoms with E-state index < -0.39 is 12.1 Å². The van der Waals surface area contributed by atoms with E-state index >= 15 is 0 Å². The van der Waals surface area contributed by atoms with Gasteiger partial charge in [-0.1, -0.05) is 0 Å². The molecule has 5 N–H and O–H groups in total. The standard InChI is InChI=1S/C12H20N2O4/c1-16-7-4-9(17-2)11(10(5-7)18-3)12(14)8(15)6-13/h4-5,8,12,15H,6,13-14H2,1-3H3. The summed E-state index contributed by atoms with van der Waals surface area (Å²) in [6.45, 7) is 0.0551. The number of hydrogen-bond donors (Lipinski definition) is 3. The Morgan fingerprint density at radius 1 is 1.11 bits per heavy atom. The molecule has 1 aromatic rings. The van der Waals surface area contributed by atoms with Gasteiger partial charge in [0.25, 0.3) is 0 Å². The molecule has 6 nitrogen and oxygen atoms in total. The zero-order valence-electron chi connectivity index (χ0n) is 10.8. The van der Waals surface area contributed by atoms with Crippen LogP contribution in [0.25, 0.3) is 0 Å². The molecule has 1 rings (SSSR count). The summed E-state index contributed by atoms with van der Waals surface area (Å²) in [6.07, 6.45) is -0.874. The lowest BCUT2D eigenvalue weighted by Crippen LogP contribution is -2.33. The minimum absolute atomic E-state index is 0.0551. The van der Waals surface area contributed by atoms with Gasteiger partial charge in [0, 0.05) is 18.7 Å². The first-order chi connectivity index (χ1) is 8.58. The lowest BCUT2D eigenvalue weighted by molar-refractivity contribution is 0.150. The molecule has 1 aromatic carbocycles. The fourth-order valence-corrected chi connectivity index (χ4v) is 1.70. The van der Waals surface area contributed by atoms with Crippen LogP contribution in [0.4, 0.5) is 0 Å². The van der Waals surface area contributed by atoms with Crippen LogP contribution in [0.2, 0.25) is 0 Å². The SMILES string of the molecule is COc1cc(OC)c(C(N)C(O)CN)c(OC)c1. The smallest absolute Gasteiger partial charge is 0.131 e. The van der Waals surface area contributed by atoms with Crippen molar-refractivity contribution in [3.8, 4) is 17.2 Å². The van der Waals surface area contributed by atoms with Crippen molar-refractivity contribution in [3.63, 3.8) is 0 Å². The third-order valence-corrected chi connectivity index (χ3v) is 2.74. The molecule has 0 saturated carbocycles. The zero-order valence-corrected chi connectivity index (χ0v) is 10.8. The van der Waals surface area contributed by atoms with Crippen molar-refractivity contribution in [1.29, 1.82) is 0 Å². The number of hydrogen-bond acceptors (Lipinski definition) is 6. The number of methoxy groups -OCH3 is 3. The average Bonchev–Trinajstić information content (AvgIpc) is 2.43. The Bertz CT molecular complexity index is 373. The summed E-state index contributed by atoms with van der Waals surface area (Å²) in [5.74, 6) is 1.57. The van der Waals surface area contributed by atoms with Crippen molar-refractivity contribution in [2.45, 2.75) is 12.1 Å². The van der Waals surface area contributed by atoms with E-state index in [0.717, 1.165) is 0 Å². The van der Waals surface area contributed by atoms with Crippen molar-refractivity contribution in [1.82, 2.24) is 0 Å². The maximum Gasteiger partial charge on any atom is 0.131 e. The summed E-state index contributed by atoms with van der Waals surface area (Å²) in [6, 6.07) is 2.67. The third kappa shape index (κ3) is 2.84. The first-order valence-electron chi connectivity index (χ1n) is 5.52. The lowest BCUT2D eigenvalue weighted by atomic mass is 9.99. The Kier molecular flexibility index (Phi) is 5.21. The van der Waals surface area contributed by atoms with Gasteiger partial charge in [0.15, 0.2) is 0 Å². The van der Waals surface area contributed by atoms with Crippen molar-refractivity contribution in [3.05, 3.63) is 17.7 Å². The largest absolute Gasteiger partial charge is 0.496 e. The molecule has 18 heavy (non-hydrogen) atoms. The molecule has 0 heterocycles. The molecule has 0 spiro atoms. The number of benzene rings is 1. The minimum Gasteiger partial charge on any atom is -0.496 e. The van der Waals surface area contributed by atoms with Crippen molar-refractivity contribution in [2.24, 2.45) is 11.5 Å². The number of ether oxygens (including phenoxy) is 3. The Balaban J connectivity index is 3.30. The first-order valence-corrected chi connectivity index (χ1v) is 5.52. The minimum atomic E-state index is -0.874. The van der Waals surface area contributed by atoms with Gasteiger partial charge in [-0.15, -0.1) is 0 Å². The van der Waals surface area contributed by atoms with Crippen LogP contribution < -0.4 is 25.7 Å². The summed E-state index contributed by atoms with van der Waals surface area (Å²) in [5, 5.41) is 9.75. The highest BCUT2D eigenvalue weighted by atomic mass is 16.5. The van der Waals surface area contributed by atoms with Gasteiger partial charge >= 0.3 is 0 Å². The van der Waals surface area contributed by atoms with Crippen molar-refractivity contribution in [2.75, 3.05) is 27.9 Å². The van der Waals surface area contributed by atoms with Gasteiger partial charge in [-0.2, -0.15) is 0 Å². The quantitative estimate of drug-likeness (QED) is 0.664. The highest BCUT2D eigenvalue weighted by Gasteiger charge is 2.24. The van der Waals surface area contributed by atoms with Gasteiger partial charge < -0.3 is 30.8 Å². The van der Waals surface area contributed by atoms with Crippen LogP contribution in [-0.2, 0) is 0 Å². The Labute approximate surface area is 106 Å². The number of rotatable bonds is 6. The van der Waals surface area contributed by atoms with Gasteiger partial charge in [-0.3, -0.25) is 0 Å². The monoisotopic (exact) mass is 256 g/mol. The van der Waals surface area contributed by atoms with E-state index in [2.05, 4.69) is 0 Å². The Hall–Kier alpha value is -1.50. The van der Waals surface area contributed by atoms with E-state index in [1.165, 1.54) is 14.2 Å². The molecule has 6 heteroatoms. The summed E-state index contributed by atoms with van der Waals surface area (Å²) in [7, 11) is 4.57. The van der Waals surface area contributed by atoms with E-state index in [4.69, 9.17) is 25.7 Å². The van der Waals surface area contributed by atoms with Crippen LogP contribution in [0.15, 0.2) is 12.1 Å². The van der Waals surface area contributed by atoms with Crippen LogP contribution in [0.3, 0.4) is 0 Å². The highest BCUT2D eigenvalue weighted by molar-refractivity contribution is 5.52. The highest BCUT2D eigenvalue weighted by Crippen LogP contribution is 2.38. The second kappa shape index (κ2) is 6.44. The summed E-state index contributed by atoms with van der Waals surface area (Å²) in [4.78, 5) is 0. The number of nitrogens with two attached hydrogens (primary N) is 2. The predicted octanol–water partition coefficient (Wildman–Crippen LogP) is 0.0318. The zero-order chi connectivity index (χ0) is 13.7. The van der Waals surface area contributed by atoms with Crippen molar-refractivity contribution < 1.29 is 19.3 Å². The lowest BCUT2D eigenvalue weighted by Gasteiger charge is -2.23. The van der Waals surface area contributed by atoms with Gasteiger partial charge in [-0.25, -0.2) is 0 Å². The van der Waals surface area contributed by atoms with E-state index in [1.54, 1.807) is 19.2 Å². The molecular formula is C12H20N2O4. The van der Waals surface area contributed by atoms with Gasteiger partial charge in [0.2, 0.25) is 0 Å². The molecule has 0 bridgehead atoms. The van der Waals surface area contributed by atoms with Gasteiger partial charge in [0.05, 0.1) is 39.0 Å². The molecule has 0 fully saturated rings. The van der Waals surface area contributed by atoms with Crippen LogP contribution in [0, 0.1) is 0 Å². The molecule has 2 atom stereocenters. The summed E-state index contributed by atoms with van der Waals surface area (Å²) < 4.78 is 15.6. The van der Waals surface area contributed by atoms with E-state index in [1.807, 2.05) is 0 Å². The predicted molar refractivity (Wildman–Crippen MR) is 68.1 cm³/mol. The van der Waals surface area contributed by atoms with Crippen LogP contribution >= 0.6 is 0 Å². The molecule has 0 amide bonds. The topological polar surface area (TPSA) is 100.0 Å². The first kappa shape index (κ1) is 14.6. The number of aliphatic hydroxyl groups excluding tert-OH is 1. The fourth-order valence-electron chi connectivity index (χ4n) is 1.70. The summed E-state index contributed by atoms with van der Waals surface area (Å²) >= 11 is 0. The molecule has 0 aliphatic carbocycles. The van der Waals surface area contributed by atoms with E-state index in [-0.39, 0.29) is 6.54 Å². The maximum absolute atomic E-state index is 9.75. The maximum atomic E-state index is 9.75. The molecule has 0 aliphatic rings. The summed E-state index contributed by atoms with van der Waals surface area (Å²) in [5.41, 5.74) is 11.9. The Morgan fingerprint density at radius 2 is 1.61 bits per heavy atom. The average molecular weight is 256 g/mol. The fraction of sp³-hybridized carbons (Fsp3) is 0.500. The van der Waals surface area contributed by atoms with E-state index in [0.29, 0.717) is 22.8 Å². The van der Waals surface area contributed by atoms with Gasteiger partial charge in [-0.05, 0) is 0 Å². The molecular weight excluding hydrogens is 236 g/mol. The third-order valence-electron chi connectivity index (χ3n) is 2.74. The van der Waals surface area contributed by atoms with Crippen molar-refractivity contribution >= 4 is 0 Å². The molecule has 2 unspecified atom stereocenters. The molecule has 0 saturated heterocycles.